The van der Waals surface area contributed by atoms with E-state index in [1.54, 1.807) is 7.11 Å². The summed E-state index contributed by atoms with van der Waals surface area (Å²) in [5.41, 5.74) is 1.04. The number of rotatable bonds is 7. The minimum Gasteiger partial charge on any atom is -0.383 e. The van der Waals surface area contributed by atoms with Crippen LogP contribution in [0.1, 0.15) is 35.3 Å². The van der Waals surface area contributed by atoms with Gasteiger partial charge in [-0.15, -0.1) is 11.3 Å². The zero-order valence-electron chi connectivity index (χ0n) is 13.5. The van der Waals surface area contributed by atoms with Crippen molar-refractivity contribution in [3.8, 4) is 0 Å². The summed E-state index contributed by atoms with van der Waals surface area (Å²) >= 11 is 1.87. The Morgan fingerprint density at radius 2 is 2.10 bits per heavy atom. The van der Waals surface area contributed by atoms with Crippen LogP contribution in [-0.4, -0.2) is 29.3 Å². The topological polar surface area (TPSA) is 39.1 Å². The number of aryl methyl sites for hydroxylation is 2. The lowest BCUT2D eigenvalue weighted by Crippen LogP contribution is -2.24. The van der Waals surface area contributed by atoms with Gasteiger partial charge in [0.1, 0.15) is 0 Å². The van der Waals surface area contributed by atoms with Crippen LogP contribution in [0.15, 0.2) is 18.3 Å². The van der Waals surface area contributed by atoms with Crippen molar-refractivity contribution in [2.24, 2.45) is 0 Å². The highest BCUT2D eigenvalue weighted by Gasteiger charge is 2.15. The molecule has 2 unspecified atom stereocenters. The molecule has 0 saturated carbocycles. The molecule has 4 nitrogen and oxygen atoms in total. The second kappa shape index (κ2) is 7.09. The zero-order valence-corrected chi connectivity index (χ0v) is 14.3. The number of methoxy groups -OCH3 is 1. The normalized spacial score (nSPS) is 14.1. The van der Waals surface area contributed by atoms with Crippen molar-refractivity contribution in [2.45, 2.75) is 46.2 Å². The number of aromatic nitrogens is 2. The fourth-order valence-corrected chi connectivity index (χ4v) is 3.47. The van der Waals surface area contributed by atoms with Gasteiger partial charge in [-0.25, -0.2) is 4.98 Å². The van der Waals surface area contributed by atoms with Crippen molar-refractivity contribution in [1.82, 2.24) is 9.55 Å². The number of nitrogens with zero attached hydrogens (tertiary/aromatic N) is 2. The van der Waals surface area contributed by atoms with E-state index in [1.165, 1.54) is 9.75 Å². The average molecular weight is 307 g/mol. The molecule has 2 aromatic heterocycles. The lowest BCUT2D eigenvalue weighted by atomic mass is 10.2. The quantitative estimate of drug-likeness (QED) is 0.845. The molecule has 0 radical (unpaired) electrons. The monoisotopic (exact) mass is 307 g/mol. The van der Waals surface area contributed by atoms with Gasteiger partial charge in [-0.3, -0.25) is 0 Å². The fourth-order valence-electron chi connectivity index (χ4n) is 2.46. The lowest BCUT2D eigenvalue weighted by Gasteiger charge is -2.19. The Morgan fingerprint density at radius 1 is 1.33 bits per heavy atom. The highest BCUT2D eigenvalue weighted by atomic mass is 32.1. The second-order valence-electron chi connectivity index (χ2n) is 5.68. The predicted octanol–water partition coefficient (Wildman–Crippen LogP) is 3.81. The van der Waals surface area contributed by atoms with Crippen molar-refractivity contribution < 1.29 is 4.74 Å². The number of imidazole rings is 1. The maximum atomic E-state index is 5.18. The summed E-state index contributed by atoms with van der Waals surface area (Å²) < 4.78 is 7.42. The molecule has 2 rings (SSSR count). The van der Waals surface area contributed by atoms with Crippen LogP contribution in [0.4, 0.5) is 5.95 Å². The lowest BCUT2D eigenvalue weighted by molar-refractivity contribution is 0.190. The van der Waals surface area contributed by atoms with Gasteiger partial charge < -0.3 is 14.6 Å². The average Bonchev–Trinajstić information content (AvgIpc) is 2.96. The molecule has 0 aliphatic heterocycles. The van der Waals surface area contributed by atoms with Crippen LogP contribution in [0.5, 0.6) is 0 Å². The molecule has 0 saturated heterocycles. The Balaban J connectivity index is 2.10. The fraction of sp³-hybridized carbons (Fsp3) is 0.562. The molecular weight excluding hydrogens is 282 g/mol. The minimum atomic E-state index is 0.242. The molecule has 0 spiro atoms. The molecule has 116 valence electrons. The van der Waals surface area contributed by atoms with Crippen molar-refractivity contribution in [2.75, 3.05) is 19.0 Å². The third-order valence-corrected chi connectivity index (χ3v) is 4.44. The van der Waals surface area contributed by atoms with E-state index < -0.39 is 0 Å². The van der Waals surface area contributed by atoms with Crippen LogP contribution >= 0.6 is 11.3 Å². The molecule has 0 amide bonds. The summed E-state index contributed by atoms with van der Waals surface area (Å²) in [6, 6.07) is 5.03. The van der Waals surface area contributed by atoms with Gasteiger partial charge >= 0.3 is 0 Å². The third kappa shape index (κ3) is 4.32. The first-order chi connectivity index (χ1) is 9.99. The molecule has 0 aliphatic carbocycles. The first-order valence-electron chi connectivity index (χ1n) is 7.36. The Labute approximate surface area is 131 Å². The van der Waals surface area contributed by atoms with E-state index in [1.807, 2.05) is 18.3 Å². The van der Waals surface area contributed by atoms with Gasteiger partial charge in [0.05, 0.1) is 12.3 Å². The summed E-state index contributed by atoms with van der Waals surface area (Å²) in [6.07, 6.45) is 3.15. The molecule has 0 fully saturated rings. The van der Waals surface area contributed by atoms with Gasteiger partial charge in [-0.05, 0) is 39.8 Å². The summed E-state index contributed by atoms with van der Waals surface area (Å²) in [7, 11) is 1.72. The summed E-state index contributed by atoms with van der Waals surface area (Å²) in [6.45, 7) is 9.20. The Hall–Kier alpha value is -1.33. The number of hydrogen-bond donors (Lipinski definition) is 1. The number of hydrogen-bond acceptors (Lipinski definition) is 4. The summed E-state index contributed by atoms with van der Waals surface area (Å²) in [4.78, 5) is 7.39. The first-order valence-corrected chi connectivity index (χ1v) is 8.17. The first kappa shape index (κ1) is 16.0. The molecule has 2 aromatic rings. The maximum Gasteiger partial charge on any atom is 0.203 e. The van der Waals surface area contributed by atoms with E-state index >= 15 is 0 Å². The predicted molar refractivity (Wildman–Crippen MR) is 89.4 cm³/mol. The van der Waals surface area contributed by atoms with Crippen molar-refractivity contribution >= 4 is 17.3 Å². The van der Waals surface area contributed by atoms with Crippen LogP contribution in [0, 0.1) is 13.8 Å². The van der Waals surface area contributed by atoms with E-state index in [0.29, 0.717) is 12.6 Å². The van der Waals surface area contributed by atoms with E-state index in [0.717, 1.165) is 18.1 Å². The number of thiophene rings is 1. The Bertz CT molecular complexity index is 576. The van der Waals surface area contributed by atoms with Gasteiger partial charge in [-0.2, -0.15) is 0 Å². The molecule has 0 aliphatic rings. The molecule has 0 aromatic carbocycles. The van der Waals surface area contributed by atoms with Gasteiger partial charge in [-0.1, -0.05) is 0 Å². The van der Waals surface area contributed by atoms with Gasteiger partial charge in [0.15, 0.2) is 0 Å². The number of ether oxygens (including phenoxy) is 1. The number of nitrogens with one attached hydrogen (secondary N) is 1. The van der Waals surface area contributed by atoms with Gasteiger partial charge in [0.25, 0.3) is 0 Å². The van der Waals surface area contributed by atoms with Crippen molar-refractivity contribution in [1.29, 1.82) is 0 Å². The van der Waals surface area contributed by atoms with Crippen LogP contribution in [0.3, 0.4) is 0 Å². The van der Waals surface area contributed by atoms with E-state index in [9.17, 15) is 0 Å². The molecule has 2 atom stereocenters. The number of anilines is 1. The molecule has 2 heterocycles. The minimum absolute atomic E-state index is 0.242. The van der Waals surface area contributed by atoms with Gasteiger partial charge in [0, 0.05) is 41.6 Å². The zero-order chi connectivity index (χ0) is 15.4. The highest BCUT2D eigenvalue weighted by molar-refractivity contribution is 7.11. The third-order valence-electron chi connectivity index (χ3n) is 3.41. The molecule has 5 heteroatoms. The summed E-state index contributed by atoms with van der Waals surface area (Å²) in [5.74, 6) is 0.929. The van der Waals surface area contributed by atoms with Crippen LogP contribution in [0.25, 0.3) is 0 Å². The Kier molecular flexibility index (Phi) is 5.42. The molecule has 21 heavy (non-hydrogen) atoms. The molecule has 1 N–H and O–H groups in total. The summed E-state index contributed by atoms with van der Waals surface area (Å²) in [5, 5.41) is 3.43. The van der Waals surface area contributed by atoms with E-state index in [4.69, 9.17) is 4.74 Å². The van der Waals surface area contributed by atoms with Crippen molar-refractivity contribution in [3.63, 3.8) is 0 Å². The van der Waals surface area contributed by atoms with Crippen LogP contribution in [0.2, 0.25) is 0 Å². The van der Waals surface area contributed by atoms with Crippen LogP contribution in [-0.2, 0) is 11.2 Å². The second-order valence-corrected chi connectivity index (χ2v) is 7.05. The maximum absolute atomic E-state index is 5.18. The SMILES string of the molecule is COCC(C)Nc1nc(C)cn1C(C)Cc1ccc(C)s1. The van der Waals surface area contributed by atoms with E-state index in [-0.39, 0.29) is 6.04 Å². The van der Waals surface area contributed by atoms with Crippen molar-refractivity contribution in [3.05, 3.63) is 33.8 Å². The molecule has 0 bridgehead atoms. The van der Waals surface area contributed by atoms with E-state index in [2.05, 4.69) is 54.0 Å². The smallest absolute Gasteiger partial charge is 0.203 e. The van der Waals surface area contributed by atoms with Gasteiger partial charge in [0.2, 0.25) is 5.95 Å². The Morgan fingerprint density at radius 3 is 2.71 bits per heavy atom. The molecular formula is C16H25N3OS. The largest absolute Gasteiger partial charge is 0.383 e. The van der Waals surface area contributed by atoms with Crippen LogP contribution < -0.4 is 5.32 Å². The standard InChI is InChI=1S/C16H25N3OS/c1-11-9-19(16(17-11)18-12(2)10-20-5)13(3)8-15-7-6-14(4)21-15/h6-7,9,12-13H,8,10H2,1-5H3,(H,17,18). The highest BCUT2D eigenvalue weighted by Crippen LogP contribution is 2.24.